The number of nitrogens with one attached hydrogen (secondary N) is 1. The van der Waals surface area contributed by atoms with Crippen molar-refractivity contribution in [1.29, 1.82) is 5.26 Å². The molecule has 0 amide bonds. The summed E-state index contributed by atoms with van der Waals surface area (Å²) in [4.78, 5) is 2.53. The molecule has 2 bridgehead atoms. The van der Waals surface area contributed by atoms with Crippen LogP contribution in [-0.4, -0.2) is 36.1 Å². The monoisotopic (exact) mass is 207 g/mol. The molecule has 2 heterocycles. The van der Waals surface area contributed by atoms with Crippen molar-refractivity contribution >= 4 is 0 Å². The third-order valence-electron chi connectivity index (χ3n) is 3.85. The number of rotatable bonds is 2. The van der Waals surface area contributed by atoms with Crippen molar-refractivity contribution in [2.24, 2.45) is 5.92 Å². The summed E-state index contributed by atoms with van der Waals surface area (Å²) in [6.45, 7) is 6.76. The fraction of sp³-hybridized carbons (Fsp3) is 0.917. The minimum Gasteiger partial charge on any atom is -0.310 e. The van der Waals surface area contributed by atoms with Gasteiger partial charge in [-0.05, 0) is 32.6 Å². The predicted molar refractivity (Wildman–Crippen MR) is 60.4 cm³/mol. The Labute approximate surface area is 92.4 Å². The van der Waals surface area contributed by atoms with E-state index in [1.165, 1.54) is 12.8 Å². The number of nitrogens with zero attached hydrogens (tertiary/aromatic N) is 2. The standard InChI is InChI=1S/C12H21N3/c1-9(2)15-7-10(5-6-13)12-4-3-11(8-15)14-12/h9-12,14H,3-5,7-8H2,1-2H3. The molecular formula is C12H21N3. The minimum atomic E-state index is 0.532. The van der Waals surface area contributed by atoms with Gasteiger partial charge in [0.25, 0.3) is 0 Å². The van der Waals surface area contributed by atoms with Crippen LogP contribution in [0.2, 0.25) is 0 Å². The molecule has 15 heavy (non-hydrogen) atoms. The summed E-state index contributed by atoms with van der Waals surface area (Å²) in [5.74, 6) is 0.532. The summed E-state index contributed by atoms with van der Waals surface area (Å²) < 4.78 is 0. The van der Waals surface area contributed by atoms with Crippen LogP contribution < -0.4 is 5.32 Å². The van der Waals surface area contributed by atoms with E-state index in [-0.39, 0.29) is 0 Å². The summed E-state index contributed by atoms with van der Waals surface area (Å²) >= 11 is 0. The lowest BCUT2D eigenvalue weighted by Gasteiger charge is -2.30. The van der Waals surface area contributed by atoms with Crippen molar-refractivity contribution in [3.8, 4) is 6.07 Å². The second-order valence-corrected chi connectivity index (χ2v) is 5.22. The fourth-order valence-corrected chi connectivity index (χ4v) is 2.90. The summed E-state index contributed by atoms with van der Waals surface area (Å²) in [7, 11) is 0. The molecule has 3 atom stereocenters. The second-order valence-electron chi connectivity index (χ2n) is 5.22. The van der Waals surface area contributed by atoms with Gasteiger partial charge in [-0.3, -0.25) is 4.90 Å². The molecule has 0 saturated carbocycles. The van der Waals surface area contributed by atoms with Crippen LogP contribution in [0.5, 0.6) is 0 Å². The molecule has 2 saturated heterocycles. The molecule has 0 radical (unpaired) electrons. The number of likely N-dealkylation sites (tertiary alicyclic amines) is 1. The highest BCUT2D eigenvalue weighted by Gasteiger charge is 2.36. The van der Waals surface area contributed by atoms with Crippen molar-refractivity contribution in [2.45, 2.75) is 51.2 Å². The highest BCUT2D eigenvalue weighted by Crippen LogP contribution is 2.27. The quantitative estimate of drug-likeness (QED) is 0.743. The molecule has 3 unspecified atom stereocenters. The fourth-order valence-electron chi connectivity index (χ4n) is 2.90. The van der Waals surface area contributed by atoms with Crippen molar-refractivity contribution in [3.05, 3.63) is 0 Å². The average molecular weight is 207 g/mol. The molecule has 0 spiro atoms. The third-order valence-corrected chi connectivity index (χ3v) is 3.85. The molecule has 3 heteroatoms. The molecule has 0 aliphatic carbocycles. The number of hydrogen-bond acceptors (Lipinski definition) is 3. The first-order chi connectivity index (χ1) is 7.20. The van der Waals surface area contributed by atoms with E-state index in [1.807, 2.05) is 0 Å². The first kappa shape index (κ1) is 10.9. The van der Waals surface area contributed by atoms with Crippen LogP contribution in [0.15, 0.2) is 0 Å². The van der Waals surface area contributed by atoms with Crippen LogP contribution in [0.1, 0.15) is 33.1 Å². The summed E-state index contributed by atoms with van der Waals surface area (Å²) in [5, 5.41) is 12.5. The summed E-state index contributed by atoms with van der Waals surface area (Å²) in [6.07, 6.45) is 3.26. The zero-order chi connectivity index (χ0) is 10.8. The van der Waals surface area contributed by atoms with Crippen molar-refractivity contribution < 1.29 is 0 Å². The predicted octanol–water partition coefficient (Wildman–Crippen LogP) is 1.36. The molecule has 0 aromatic rings. The lowest BCUT2D eigenvalue weighted by atomic mass is 9.93. The van der Waals surface area contributed by atoms with Gasteiger partial charge in [0.1, 0.15) is 0 Å². The summed E-state index contributed by atoms with van der Waals surface area (Å²) in [6, 6.07) is 4.21. The van der Waals surface area contributed by atoms with Crippen molar-refractivity contribution in [2.75, 3.05) is 13.1 Å². The zero-order valence-electron chi connectivity index (χ0n) is 9.74. The van der Waals surface area contributed by atoms with Crippen LogP contribution in [0, 0.1) is 17.2 Å². The highest BCUT2D eigenvalue weighted by molar-refractivity contribution is 4.97. The second kappa shape index (κ2) is 4.51. The SMILES string of the molecule is CC(C)N1CC2CCC(N2)C(CC#N)C1. The van der Waals surface area contributed by atoms with E-state index < -0.39 is 0 Å². The normalized spacial score (nSPS) is 36.5. The Balaban J connectivity index is 2.06. The Morgan fingerprint density at radius 1 is 1.40 bits per heavy atom. The van der Waals surface area contributed by atoms with Crippen LogP contribution in [0.25, 0.3) is 0 Å². The van der Waals surface area contributed by atoms with Gasteiger partial charge < -0.3 is 5.32 Å². The van der Waals surface area contributed by atoms with Gasteiger partial charge in [0.2, 0.25) is 0 Å². The molecule has 2 aliphatic rings. The van der Waals surface area contributed by atoms with E-state index in [0.29, 0.717) is 30.5 Å². The molecule has 0 aromatic carbocycles. The molecule has 3 nitrogen and oxygen atoms in total. The maximum Gasteiger partial charge on any atom is 0.0625 e. The van der Waals surface area contributed by atoms with E-state index in [4.69, 9.17) is 5.26 Å². The van der Waals surface area contributed by atoms with Crippen molar-refractivity contribution in [3.63, 3.8) is 0 Å². The molecule has 2 rings (SSSR count). The van der Waals surface area contributed by atoms with Gasteiger partial charge >= 0.3 is 0 Å². The molecule has 2 aliphatic heterocycles. The van der Waals surface area contributed by atoms with E-state index in [0.717, 1.165) is 13.1 Å². The molecule has 1 N–H and O–H groups in total. The Kier molecular flexibility index (Phi) is 3.28. The lowest BCUT2D eigenvalue weighted by molar-refractivity contribution is 0.180. The Morgan fingerprint density at radius 3 is 2.87 bits per heavy atom. The van der Waals surface area contributed by atoms with Crippen LogP contribution in [0.4, 0.5) is 0 Å². The largest absolute Gasteiger partial charge is 0.310 e. The Bertz CT molecular complexity index is 256. The topological polar surface area (TPSA) is 39.1 Å². The van der Waals surface area contributed by atoms with E-state index >= 15 is 0 Å². The highest BCUT2D eigenvalue weighted by atomic mass is 15.2. The number of nitriles is 1. The smallest absolute Gasteiger partial charge is 0.0625 e. The van der Waals surface area contributed by atoms with Gasteiger partial charge in [-0.15, -0.1) is 0 Å². The average Bonchev–Trinajstić information content (AvgIpc) is 2.54. The maximum atomic E-state index is 8.87. The van der Waals surface area contributed by atoms with Crippen LogP contribution >= 0.6 is 0 Å². The Hall–Kier alpha value is -0.590. The first-order valence-corrected chi connectivity index (χ1v) is 6.07. The van der Waals surface area contributed by atoms with Gasteiger partial charge in [0, 0.05) is 37.6 Å². The number of fused-ring (bicyclic) bond motifs is 2. The van der Waals surface area contributed by atoms with E-state index in [1.54, 1.807) is 0 Å². The van der Waals surface area contributed by atoms with Gasteiger partial charge in [-0.25, -0.2) is 0 Å². The minimum absolute atomic E-state index is 0.532. The molecule has 84 valence electrons. The number of hydrogen-bond donors (Lipinski definition) is 1. The Morgan fingerprint density at radius 2 is 2.20 bits per heavy atom. The van der Waals surface area contributed by atoms with Gasteiger partial charge in [-0.1, -0.05) is 0 Å². The molecular weight excluding hydrogens is 186 g/mol. The van der Waals surface area contributed by atoms with Crippen LogP contribution in [-0.2, 0) is 0 Å². The third kappa shape index (κ3) is 2.32. The zero-order valence-corrected chi connectivity index (χ0v) is 9.74. The van der Waals surface area contributed by atoms with Crippen LogP contribution in [0.3, 0.4) is 0 Å². The van der Waals surface area contributed by atoms with E-state index in [9.17, 15) is 0 Å². The lowest BCUT2D eigenvalue weighted by Crippen LogP contribution is -2.40. The first-order valence-electron chi connectivity index (χ1n) is 6.07. The van der Waals surface area contributed by atoms with E-state index in [2.05, 4.69) is 30.1 Å². The maximum absolute atomic E-state index is 8.87. The van der Waals surface area contributed by atoms with Gasteiger partial charge in [0.05, 0.1) is 6.07 Å². The van der Waals surface area contributed by atoms with Gasteiger partial charge in [0.15, 0.2) is 0 Å². The summed E-state index contributed by atoms with van der Waals surface area (Å²) in [5.41, 5.74) is 0. The van der Waals surface area contributed by atoms with Gasteiger partial charge in [-0.2, -0.15) is 5.26 Å². The molecule has 0 aromatic heterocycles. The van der Waals surface area contributed by atoms with Crippen molar-refractivity contribution in [1.82, 2.24) is 10.2 Å². The molecule has 2 fully saturated rings.